The molecule has 2 aromatic rings. The van der Waals surface area contributed by atoms with Crippen LogP contribution in [0.3, 0.4) is 0 Å². The average molecular weight is 336 g/mol. The summed E-state index contributed by atoms with van der Waals surface area (Å²) in [6.45, 7) is 4.03. The van der Waals surface area contributed by atoms with Gasteiger partial charge >= 0.3 is 0 Å². The summed E-state index contributed by atoms with van der Waals surface area (Å²) < 4.78 is 1.92. The second kappa shape index (κ2) is 6.91. The molecule has 22 heavy (non-hydrogen) atoms. The number of aryl methyl sites for hydroxylation is 2. The SMILES string of the molecule is Cc1cc(C(=O)CSc2nnnn2C2CCCCC2)c(C)s1. The zero-order valence-corrected chi connectivity index (χ0v) is 14.5. The van der Waals surface area contributed by atoms with Crippen molar-refractivity contribution in [3.05, 3.63) is 21.4 Å². The van der Waals surface area contributed by atoms with Crippen LogP contribution in [0.1, 0.15) is 58.3 Å². The highest BCUT2D eigenvalue weighted by molar-refractivity contribution is 7.99. The number of carbonyl (C=O) groups excluding carboxylic acids is 1. The zero-order chi connectivity index (χ0) is 15.5. The number of nitrogens with zero attached hydrogens (tertiary/aromatic N) is 4. The largest absolute Gasteiger partial charge is 0.293 e. The van der Waals surface area contributed by atoms with Gasteiger partial charge < -0.3 is 0 Å². The predicted molar refractivity (Wildman–Crippen MR) is 88.8 cm³/mol. The van der Waals surface area contributed by atoms with Crippen molar-refractivity contribution >= 4 is 28.9 Å². The fourth-order valence-electron chi connectivity index (χ4n) is 2.95. The van der Waals surface area contributed by atoms with Crippen LogP contribution >= 0.6 is 23.1 Å². The number of carbonyl (C=O) groups is 1. The standard InChI is InChI=1S/C15H20N4OS2/c1-10-8-13(11(2)22-10)14(20)9-21-15-16-17-18-19(15)12-6-4-3-5-7-12/h8,12H,3-7,9H2,1-2H3. The van der Waals surface area contributed by atoms with Gasteiger partial charge in [-0.25, -0.2) is 4.68 Å². The third-order valence-corrected chi connectivity index (χ3v) is 5.96. The van der Waals surface area contributed by atoms with E-state index in [1.54, 1.807) is 11.3 Å². The van der Waals surface area contributed by atoms with E-state index in [9.17, 15) is 4.79 Å². The number of rotatable bonds is 5. The number of hydrogen-bond donors (Lipinski definition) is 0. The summed E-state index contributed by atoms with van der Waals surface area (Å²) in [5.41, 5.74) is 0.840. The molecule has 0 spiro atoms. The molecule has 3 rings (SSSR count). The molecule has 0 radical (unpaired) electrons. The van der Waals surface area contributed by atoms with Crippen LogP contribution in [0.2, 0.25) is 0 Å². The van der Waals surface area contributed by atoms with E-state index < -0.39 is 0 Å². The molecule has 0 atom stereocenters. The Morgan fingerprint density at radius 3 is 2.82 bits per heavy atom. The van der Waals surface area contributed by atoms with Gasteiger partial charge in [0.25, 0.3) is 0 Å². The second-order valence-corrected chi connectivity index (χ2v) is 8.14. The van der Waals surface area contributed by atoms with Gasteiger partial charge in [0.2, 0.25) is 5.16 Å². The molecule has 0 amide bonds. The van der Waals surface area contributed by atoms with Crippen LogP contribution in [-0.2, 0) is 0 Å². The maximum atomic E-state index is 12.4. The molecule has 1 aliphatic rings. The molecule has 118 valence electrons. The minimum Gasteiger partial charge on any atom is -0.293 e. The van der Waals surface area contributed by atoms with Crippen molar-refractivity contribution < 1.29 is 4.79 Å². The number of thiophene rings is 1. The Bertz CT molecular complexity index is 658. The number of thioether (sulfide) groups is 1. The quantitative estimate of drug-likeness (QED) is 0.613. The Balaban J connectivity index is 1.65. The van der Waals surface area contributed by atoms with Crippen molar-refractivity contribution in [2.45, 2.75) is 57.1 Å². The van der Waals surface area contributed by atoms with Crippen LogP contribution in [0, 0.1) is 13.8 Å². The molecule has 2 heterocycles. The van der Waals surface area contributed by atoms with Gasteiger partial charge in [-0.05, 0) is 43.2 Å². The van der Waals surface area contributed by atoms with E-state index in [2.05, 4.69) is 15.5 Å². The van der Waals surface area contributed by atoms with Gasteiger partial charge in [0.1, 0.15) is 0 Å². The summed E-state index contributed by atoms with van der Waals surface area (Å²) in [7, 11) is 0. The number of Topliss-reactive ketones (excluding diaryl/α,β-unsaturated/α-hetero) is 1. The lowest BCUT2D eigenvalue weighted by atomic mass is 9.96. The number of hydrogen-bond acceptors (Lipinski definition) is 6. The minimum absolute atomic E-state index is 0.157. The van der Waals surface area contributed by atoms with Crippen LogP contribution < -0.4 is 0 Å². The molecule has 7 heteroatoms. The first-order valence-corrected chi connectivity index (χ1v) is 9.46. The van der Waals surface area contributed by atoms with Gasteiger partial charge in [0.15, 0.2) is 5.78 Å². The van der Waals surface area contributed by atoms with E-state index in [0.717, 1.165) is 28.4 Å². The van der Waals surface area contributed by atoms with E-state index in [1.807, 2.05) is 24.6 Å². The van der Waals surface area contributed by atoms with Crippen molar-refractivity contribution in [3.63, 3.8) is 0 Å². The lowest BCUT2D eigenvalue weighted by molar-refractivity contribution is 0.102. The highest BCUT2D eigenvalue weighted by Crippen LogP contribution is 2.30. The predicted octanol–water partition coefficient (Wildman–Crippen LogP) is 3.83. The van der Waals surface area contributed by atoms with Crippen molar-refractivity contribution in [2.24, 2.45) is 0 Å². The Kier molecular flexibility index (Phi) is 4.93. The van der Waals surface area contributed by atoms with Gasteiger partial charge in [-0.2, -0.15) is 0 Å². The molecule has 1 aliphatic carbocycles. The van der Waals surface area contributed by atoms with Gasteiger partial charge in [0, 0.05) is 15.3 Å². The maximum Gasteiger partial charge on any atom is 0.210 e. The highest BCUT2D eigenvalue weighted by atomic mass is 32.2. The first kappa shape index (κ1) is 15.7. The van der Waals surface area contributed by atoms with Crippen molar-refractivity contribution in [1.29, 1.82) is 0 Å². The molecule has 2 aromatic heterocycles. The molecular formula is C15H20N4OS2. The Morgan fingerprint density at radius 1 is 1.36 bits per heavy atom. The summed E-state index contributed by atoms with van der Waals surface area (Å²) in [4.78, 5) is 14.6. The molecule has 0 N–H and O–H groups in total. The smallest absolute Gasteiger partial charge is 0.210 e. The van der Waals surface area contributed by atoms with Crippen molar-refractivity contribution in [1.82, 2.24) is 20.2 Å². The molecule has 0 aromatic carbocycles. The fraction of sp³-hybridized carbons (Fsp3) is 0.600. The van der Waals surface area contributed by atoms with E-state index in [0.29, 0.717) is 11.8 Å². The van der Waals surface area contributed by atoms with Crippen LogP contribution in [-0.4, -0.2) is 31.7 Å². The Hall–Kier alpha value is -1.21. The summed E-state index contributed by atoms with van der Waals surface area (Å²) in [6.07, 6.45) is 6.04. The lowest BCUT2D eigenvalue weighted by Gasteiger charge is -2.21. The monoisotopic (exact) mass is 336 g/mol. The number of ketones is 1. The third-order valence-electron chi connectivity index (χ3n) is 4.06. The maximum absolute atomic E-state index is 12.4. The molecule has 0 aliphatic heterocycles. The minimum atomic E-state index is 0.157. The van der Waals surface area contributed by atoms with Crippen LogP contribution in [0.4, 0.5) is 0 Å². The van der Waals surface area contributed by atoms with Crippen LogP contribution in [0.15, 0.2) is 11.2 Å². The highest BCUT2D eigenvalue weighted by Gasteiger charge is 2.21. The topological polar surface area (TPSA) is 60.7 Å². The van der Waals surface area contributed by atoms with E-state index in [1.165, 1.54) is 35.9 Å². The van der Waals surface area contributed by atoms with E-state index in [-0.39, 0.29) is 5.78 Å². The first-order valence-electron chi connectivity index (χ1n) is 7.66. The summed E-state index contributed by atoms with van der Waals surface area (Å²) in [6, 6.07) is 2.37. The fourth-order valence-corrected chi connectivity index (χ4v) is 4.72. The van der Waals surface area contributed by atoms with E-state index >= 15 is 0 Å². The van der Waals surface area contributed by atoms with Crippen LogP contribution in [0.5, 0.6) is 0 Å². The summed E-state index contributed by atoms with van der Waals surface area (Å²) >= 11 is 3.12. The summed E-state index contributed by atoms with van der Waals surface area (Å²) in [5.74, 6) is 0.550. The second-order valence-electron chi connectivity index (χ2n) is 5.74. The van der Waals surface area contributed by atoms with Gasteiger partial charge in [-0.1, -0.05) is 31.0 Å². The van der Waals surface area contributed by atoms with E-state index in [4.69, 9.17) is 0 Å². The van der Waals surface area contributed by atoms with Crippen LogP contribution in [0.25, 0.3) is 0 Å². The van der Waals surface area contributed by atoms with Crippen molar-refractivity contribution in [2.75, 3.05) is 5.75 Å². The molecule has 1 saturated carbocycles. The normalized spacial score (nSPS) is 16.1. The number of aromatic nitrogens is 4. The molecule has 5 nitrogen and oxygen atoms in total. The van der Waals surface area contributed by atoms with Gasteiger partial charge in [-0.15, -0.1) is 16.4 Å². The van der Waals surface area contributed by atoms with Gasteiger partial charge in [-0.3, -0.25) is 4.79 Å². The van der Waals surface area contributed by atoms with Crippen molar-refractivity contribution in [3.8, 4) is 0 Å². The molecule has 0 unspecified atom stereocenters. The number of tetrazole rings is 1. The zero-order valence-electron chi connectivity index (χ0n) is 12.9. The molecule has 1 fully saturated rings. The van der Waals surface area contributed by atoms with Gasteiger partial charge in [0.05, 0.1) is 11.8 Å². The molecule has 0 saturated heterocycles. The molecular weight excluding hydrogens is 316 g/mol. The lowest BCUT2D eigenvalue weighted by Crippen LogP contribution is -2.15. The molecule has 0 bridgehead atoms. The average Bonchev–Trinajstić information content (AvgIpc) is 3.12. The Labute approximate surface area is 138 Å². The first-order chi connectivity index (χ1) is 10.6. The summed E-state index contributed by atoms with van der Waals surface area (Å²) in [5, 5.41) is 12.8. The third kappa shape index (κ3) is 3.41. The Morgan fingerprint density at radius 2 is 2.14 bits per heavy atom.